The molecule has 1 aromatic carbocycles. The van der Waals surface area contributed by atoms with Gasteiger partial charge in [-0.3, -0.25) is 0 Å². The second-order valence-electron chi connectivity index (χ2n) is 3.71. The zero-order chi connectivity index (χ0) is 13.7. The van der Waals surface area contributed by atoms with Crippen molar-refractivity contribution in [2.24, 2.45) is 0 Å². The molecule has 0 unspecified atom stereocenters. The quantitative estimate of drug-likeness (QED) is 0.814. The van der Waals surface area contributed by atoms with Crippen LogP contribution in [0.15, 0.2) is 43.2 Å². The smallest absolute Gasteiger partial charge is 0.135 e. The lowest BCUT2D eigenvalue weighted by atomic mass is 10.3. The summed E-state index contributed by atoms with van der Waals surface area (Å²) in [6.07, 6.45) is 3.24. The van der Waals surface area contributed by atoms with E-state index in [9.17, 15) is 0 Å². The largest absolute Gasteiger partial charge is 0.366 e. The maximum atomic E-state index is 5.95. The Bertz CT molecular complexity index is 587. The predicted octanol–water partition coefficient (Wildman–Crippen LogP) is 4.12. The number of halogens is 2. The third kappa shape index (κ3) is 3.84. The molecule has 19 heavy (non-hydrogen) atoms. The van der Waals surface area contributed by atoms with Crippen LogP contribution in [0.25, 0.3) is 0 Å². The molecule has 0 amide bonds. The Morgan fingerprint density at radius 3 is 2.63 bits per heavy atom. The van der Waals surface area contributed by atoms with Gasteiger partial charge in [-0.15, -0.1) is 6.58 Å². The Balaban J connectivity index is 2.13. The van der Waals surface area contributed by atoms with Crippen molar-refractivity contribution in [1.82, 2.24) is 9.97 Å². The van der Waals surface area contributed by atoms with Crippen molar-refractivity contribution in [3.05, 3.63) is 53.3 Å². The number of aromatic nitrogens is 2. The minimum absolute atomic E-state index is 0.491. The normalized spacial score (nSPS) is 10.0. The van der Waals surface area contributed by atoms with E-state index in [0.717, 1.165) is 11.5 Å². The molecule has 0 radical (unpaired) electrons. The van der Waals surface area contributed by atoms with Gasteiger partial charge in [-0.1, -0.05) is 29.3 Å². The third-order valence-electron chi connectivity index (χ3n) is 2.29. The standard InChI is InChI=1S/C13H12Cl2N4/c1-2-5-16-12-7-13(18-8-17-12)19-9-3-4-10(14)11(15)6-9/h2-4,6-8H,1,5H2,(H2,16,17,18,19). The molecule has 0 aliphatic rings. The molecule has 0 fully saturated rings. The van der Waals surface area contributed by atoms with Crippen LogP contribution in [0.5, 0.6) is 0 Å². The molecular formula is C13H12Cl2N4. The van der Waals surface area contributed by atoms with Gasteiger partial charge >= 0.3 is 0 Å². The fourth-order valence-corrected chi connectivity index (χ4v) is 1.72. The van der Waals surface area contributed by atoms with Gasteiger partial charge in [0.1, 0.15) is 18.0 Å². The van der Waals surface area contributed by atoms with Crippen LogP contribution in [-0.2, 0) is 0 Å². The number of benzene rings is 1. The van der Waals surface area contributed by atoms with Gasteiger partial charge < -0.3 is 10.6 Å². The summed E-state index contributed by atoms with van der Waals surface area (Å²) in [5.74, 6) is 1.39. The van der Waals surface area contributed by atoms with Gasteiger partial charge in [0.25, 0.3) is 0 Å². The molecule has 2 aromatic rings. The van der Waals surface area contributed by atoms with Gasteiger partial charge in [0, 0.05) is 18.3 Å². The first-order valence-corrected chi connectivity index (χ1v) is 6.33. The molecule has 0 atom stereocenters. The molecule has 98 valence electrons. The second kappa shape index (κ2) is 6.41. The topological polar surface area (TPSA) is 49.8 Å². The summed E-state index contributed by atoms with van der Waals surface area (Å²) in [4.78, 5) is 8.22. The Hall–Kier alpha value is -1.78. The van der Waals surface area contributed by atoms with E-state index in [4.69, 9.17) is 23.2 Å². The summed E-state index contributed by atoms with van der Waals surface area (Å²) in [7, 11) is 0. The van der Waals surface area contributed by atoms with Crippen molar-refractivity contribution in [1.29, 1.82) is 0 Å². The highest BCUT2D eigenvalue weighted by atomic mass is 35.5. The van der Waals surface area contributed by atoms with Crippen molar-refractivity contribution >= 4 is 40.5 Å². The highest BCUT2D eigenvalue weighted by Crippen LogP contribution is 2.26. The molecule has 0 aliphatic carbocycles. The number of nitrogens with zero attached hydrogens (tertiary/aromatic N) is 2. The molecular weight excluding hydrogens is 283 g/mol. The summed E-state index contributed by atoms with van der Waals surface area (Å²) < 4.78 is 0. The second-order valence-corrected chi connectivity index (χ2v) is 4.53. The monoisotopic (exact) mass is 294 g/mol. The van der Waals surface area contributed by atoms with Crippen molar-refractivity contribution in [3.63, 3.8) is 0 Å². The Morgan fingerprint density at radius 1 is 1.11 bits per heavy atom. The molecule has 0 saturated carbocycles. The van der Waals surface area contributed by atoms with Crippen molar-refractivity contribution < 1.29 is 0 Å². The molecule has 4 nitrogen and oxygen atoms in total. The minimum Gasteiger partial charge on any atom is -0.366 e. The van der Waals surface area contributed by atoms with Crippen molar-refractivity contribution in [3.8, 4) is 0 Å². The fourth-order valence-electron chi connectivity index (χ4n) is 1.42. The van der Waals surface area contributed by atoms with E-state index in [0.29, 0.717) is 22.4 Å². The summed E-state index contributed by atoms with van der Waals surface area (Å²) in [6.45, 7) is 4.28. The van der Waals surface area contributed by atoms with E-state index in [-0.39, 0.29) is 0 Å². The highest BCUT2D eigenvalue weighted by Gasteiger charge is 2.02. The lowest BCUT2D eigenvalue weighted by Gasteiger charge is -2.08. The first-order valence-electron chi connectivity index (χ1n) is 5.58. The van der Waals surface area contributed by atoms with Gasteiger partial charge in [0.15, 0.2) is 0 Å². The molecule has 0 bridgehead atoms. The Morgan fingerprint density at radius 2 is 1.89 bits per heavy atom. The summed E-state index contributed by atoms with van der Waals surface area (Å²) in [5.41, 5.74) is 0.808. The van der Waals surface area contributed by atoms with Gasteiger partial charge in [0.2, 0.25) is 0 Å². The molecule has 0 saturated heterocycles. The van der Waals surface area contributed by atoms with E-state index in [2.05, 4.69) is 27.2 Å². The molecule has 0 spiro atoms. The van der Waals surface area contributed by atoms with Crippen LogP contribution in [0.4, 0.5) is 17.3 Å². The van der Waals surface area contributed by atoms with E-state index in [1.54, 1.807) is 24.3 Å². The molecule has 1 heterocycles. The lowest BCUT2D eigenvalue weighted by Crippen LogP contribution is -2.02. The van der Waals surface area contributed by atoms with Crippen LogP contribution in [0.3, 0.4) is 0 Å². The number of hydrogen-bond donors (Lipinski definition) is 2. The van der Waals surface area contributed by atoms with Gasteiger partial charge in [-0.25, -0.2) is 9.97 Å². The maximum Gasteiger partial charge on any atom is 0.135 e. The average Bonchev–Trinajstić information content (AvgIpc) is 2.41. The van der Waals surface area contributed by atoms with Gasteiger partial charge in [-0.2, -0.15) is 0 Å². The van der Waals surface area contributed by atoms with E-state index in [1.807, 2.05) is 6.07 Å². The fraction of sp³-hybridized carbons (Fsp3) is 0.0769. The molecule has 2 N–H and O–H groups in total. The number of hydrogen-bond acceptors (Lipinski definition) is 4. The van der Waals surface area contributed by atoms with Crippen molar-refractivity contribution in [2.75, 3.05) is 17.2 Å². The molecule has 2 rings (SSSR count). The zero-order valence-corrected chi connectivity index (χ0v) is 11.5. The van der Waals surface area contributed by atoms with Crippen molar-refractivity contribution in [2.45, 2.75) is 0 Å². The van der Waals surface area contributed by atoms with Gasteiger partial charge in [-0.05, 0) is 18.2 Å². The van der Waals surface area contributed by atoms with E-state index < -0.39 is 0 Å². The van der Waals surface area contributed by atoms with Crippen LogP contribution < -0.4 is 10.6 Å². The number of rotatable bonds is 5. The summed E-state index contributed by atoms with van der Waals surface area (Å²) in [6, 6.07) is 7.09. The summed E-state index contributed by atoms with van der Waals surface area (Å²) in [5, 5.41) is 7.22. The van der Waals surface area contributed by atoms with Gasteiger partial charge in [0.05, 0.1) is 10.0 Å². The van der Waals surface area contributed by atoms with E-state index in [1.165, 1.54) is 6.33 Å². The van der Waals surface area contributed by atoms with E-state index >= 15 is 0 Å². The lowest BCUT2D eigenvalue weighted by molar-refractivity contribution is 1.14. The Labute approximate surface area is 121 Å². The molecule has 1 aromatic heterocycles. The number of nitrogens with one attached hydrogen (secondary N) is 2. The zero-order valence-electron chi connectivity index (χ0n) is 10.0. The summed E-state index contributed by atoms with van der Waals surface area (Å²) >= 11 is 11.8. The minimum atomic E-state index is 0.491. The molecule has 6 heteroatoms. The average molecular weight is 295 g/mol. The Kier molecular flexibility index (Phi) is 4.60. The third-order valence-corrected chi connectivity index (χ3v) is 3.03. The van der Waals surface area contributed by atoms with Crippen LogP contribution in [-0.4, -0.2) is 16.5 Å². The SMILES string of the molecule is C=CCNc1cc(Nc2ccc(Cl)c(Cl)c2)ncn1. The number of anilines is 3. The molecule has 0 aliphatic heterocycles. The van der Waals surface area contributed by atoms with Crippen LogP contribution in [0.1, 0.15) is 0 Å². The van der Waals surface area contributed by atoms with Crippen LogP contribution >= 0.6 is 23.2 Å². The predicted molar refractivity (Wildman–Crippen MR) is 80.5 cm³/mol. The van der Waals surface area contributed by atoms with Crippen LogP contribution in [0.2, 0.25) is 10.0 Å². The first-order chi connectivity index (χ1) is 9.19. The first kappa shape index (κ1) is 13.6. The van der Waals surface area contributed by atoms with Crippen LogP contribution in [0, 0.1) is 0 Å². The maximum absolute atomic E-state index is 5.95. The highest BCUT2D eigenvalue weighted by molar-refractivity contribution is 6.42.